The van der Waals surface area contributed by atoms with E-state index in [0.717, 1.165) is 11.3 Å². The molecule has 0 spiro atoms. The normalized spacial score (nSPS) is 13.4. The average molecular weight is 266 g/mol. The molecule has 1 amide bonds. The fourth-order valence-corrected chi connectivity index (χ4v) is 2.01. The van der Waals surface area contributed by atoms with Gasteiger partial charge in [-0.2, -0.15) is 0 Å². The number of carbonyl (C=O) groups excluding carboxylic acids is 1. The summed E-state index contributed by atoms with van der Waals surface area (Å²) in [5.74, 6) is 0.277. The second-order valence-corrected chi connectivity index (χ2v) is 4.55. The molecule has 0 unspecified atom stereocenters. The Kier molecular flexibility index (Phi) is 3.09. The first kappa shape index (κ1) is 12.2. The Morgan fingerprint density at radius 1 is 1.05 bits per heavy atom. The van der Waals surface area contributed by atoms with Crippen molar-refractivity contribution in [1.29, 1.82) is 0 Å². The van der Waals surface area contributed by atoms with E-state index in [1.54, 1.807) is 12.1 Å². The van der Waals surface area contributed by atoms with Gasteiger partial charge in [0.25, 0.3) is 5.91 Å². The van der Waals surface area contributed by atoms with E-state index in [-0.39, 0.29) is 5.91 Å². The Morgan fingerprint density at radius 2 is 1.90 bits per heavy atom. The molecule has 100 valence electrons. The monoisotopic (exact) mass is 266 g/mol. The standard InChI is InChI=1S/C15H14N4O/c1-10-5-4-6-11(9-10)16-15-17-13-8-3-2-7-12(13)14(20)18-19-15/h2-9H,1H3,(H,18,20)(H2,16,17,19). The number of nitrogens with one attached hydrogen (secondary N) is 3. The van der Waals surface area contributed by atoms with Crippen LogP contribution >= 0.6 is 0 Å². The molecule has 2 aromatic rings. The van der Waals surface area contributed by atoms with Crippen molar-refractivity contribution in [2.45, 2.75) is 6.92 Å². The molecule has 0 radical (unpaired) electrons. The lowest BCUT2D eigenvalue weighted by Crippen LogP contribution is -2.43. The number of anilines is 1. The number of hydrazine groups is 1. The van der Waals surface area contributed by atoms with Crippen molar-refractivity contribution in [3.8, 4) is 0 Å². The number of benzene rings is 2. The minimum absolute atomic E-state index is 0.203. The van der Waals surface area contributed by atoms with Crippen LogP contribution in [-0.2, 0) is 0 Å². The summed E-state index contributed by atoms with van der Waals surface area (Å²) in [4.78, 5) is 16.3. The van der Waals surface area contributed by atoms with Crippen LogP contribution in [0.3, 0.4) is 0 Å². The molecule has 0 saturated carbocycles. The molecule has 2 aromatic carbocycles. The van der Waals surface area contributed by atoms with Crippen molar-refractivity contribution in [3.63, 3.8) is 0 Å². The van der Waals surface area contributed by atoms with E-state index >= 15 is 0 Å². The number of guanidine groups is 1. The number of aliphatic imine (C=N–C) groups is 1. The summed E-state index contributed by atoms with van der Waals surface area (Å²) in [6.45, 7) is 2.02. The minimum atomic E-state index is -0.203. The van der Waals surface area contributed by atoms with Crippen LogP contribution in [0.2, 0.25) is 0 Å². The number of fused-ring (bicyclic) bond motifs is 1. The molecule has 3 rings (SSSR count). The topological polar surface area (TPSA) is 65.5 Å². The van der Waals surface area contributed by atoms with E-state index in [1.807, 2.05) is 43.3 Å². The summed E-state index contributed by atoms with van der Waals surface area (Å²) in [7, 11) is 0. The highest BCUT2D eigenvalue weighted by Gasteiger charge is 2.15. The lowest BCUT2D eigenvalue weighted by atomic mass is 10.2. The highest BCUT2D eigenvalue weighted by Crippen LogP contribution is 2.20. The number of nitrogens with zero attached hydrogens (tertiary/aromatic N) is 1. The number of hydrogen-bond donors (Lipinski definition) is 3. The first-order valence-corrected chi connectivity index (χ1v) is 6.30. The van der Waals surface area contributed by atoms with Crippen LogP contribution < -0.4 is 16.2 Å². The second-order valence-electron chi connectivity index (χ2n) is 4.55. The fraction of sp³-hybridized carbons (Fsp3) is 0.0667. The van der Waals surface area contributed by atoms with E-state index in [4.69, 9.17) is 0 Å². The van der Waals surface area contributed by atoms with E-state index in [2.05, 4.69) is 21.2 Å². The Balaban J connectivity index is 1.92. The Hall–Kier alpha value is -2.82. The predicted molar refractivity (Wildman–Crippen MR) is 78.9 cm³/mol. The fourth-order valence-electron chi connectivity index (χ4n) is 2.01. The summed E-state index contributed by atoms with van der Waals surface area (Å²) >= 11 is 0. The zero-order valence-electron chi connectivity index (χ0n) is 11.0. The van der Waals surface area contributed by atoms with Crippen LogP contribution in [0.25, 0.3) is 0 Å². The first-order chi connectivity index (χ1) is 9.72. The van der Waals surface area contributed by atoms with Crippen LogP contribution in [0.1, 0.15) is 15.9 Å². The number of carbonyl (C=O) groups is 1. The van der Waals surface area contributed by atoms with Gasteiger partial charge >= 0.3 is 0 Å². The largest absolute Gasteiger partial charge is 0.325 e. The predicted octanol–water partition coefficient (Wildman–Crippen LogP) is 2.34. The van der Waals surface area contributed by atoms with E-state index in [9.17, 15) is 4.79 Å². The molecule has 1 aliphatic heterocycles. The molecule has 5 heteroatoms. The van der Waals surface area contributed by atoms with Crippen LogP contribution in [0.15, 0.2) is 53.5 Å². The van der Waals surface area contributed by atoms with Crippen LogP contribution in [-0.4, -0.2) is 11.9 Å². The second kappa shape index (κ2) is 5.05. The molecule has 20 heavy (non-hydrogen) atoms. The molecule has 0 fully saturated rings. The lowest BCUT2D eigenvalue weighted by Gasteiger charge is -2.10. The number of amides is 1. The summed E-state index contributed by atoms with van der Waals surface area (Å²) in [6.07, 6.45) is 0. The van der Waals surface area contributed by atoms with Gasteiger partial charge in [0.2, 0.25) is 5.96 Å². The smallest absolute Gasteiger partial charge is 0.271 e. The van der Waals surface area contributed by atoms with E-state index < -0.39 is 0 Å². The third-order valence-electron chi connectivity index (χ3n) is 2.96. The maximum Gasteiger partial charge on any atom is 0.271 e. The average Bonchev–Trinajstić information content (AvgIpc) is 2.59. The van der Waals surface area contributed by atoms with Gasteiger partial charge in [-0.25, -0.2) is 4.99 Å². The lowest BCUT2D eigenvalue weighted by molar-refractivity contribution is 0.0946. The molecule has 0 aromatic heterocycles. The van der Waals surface area contributed by atoms with Crippen LogP contribution in [0.4, 0.5) is 11.4 Å². The number of hydrogen-bond acceptors (Lipinski definition) is 4. The van der Waals surface area contributed by atoms with Crippen molar-refractivity contribution in [3.05, 3.63) is 59.7 Å². The first-order valence-electron chi connectivity index (χ1n) is 6.30. The summed E-state index contributed by atoms with van der Waals surface area (Å²) in [5, 5.41) is 3.15. The molecule has 0 aliphatic carbocycles. The van der Waals surface area contributed by atoms with Crippen molar-refractivity contribution in [1.82, 2.24) is 10.9 Å². The molecule has 1 aliphatic rings. The molecule has 3 N–H and O–H groups in total. The molecular formula is C15H14N4O. The Labute approximate surface area is 116 Å². The molecule has 5 nitrogen and oxygen atoms in total. The Bertz CT molecular complexity index is 694. The van der Waals surface area contributed by atoms with Gasteiger partial charge in [0, 0.05) is 5.69 Å². The molecule has 1 heterocycles. The van der Waals surface area contributed by atoms with Gasteiger partial charge in [0.15, 0.2) is 0 Å². The SMILES string of the molecule is Cc1cccc(NC2=Nc3ccccc3C(=O)NN2)c1. The third kappa shape index (κ3) is 2.47. The molecule has 0 bridgehead atoms. The van der Waals surface area contributed by atoms with Gasteiger partial charge in [-0.3, -0.25) is 15.6 Å². The van der Waals surface area contributed by atoms with Crippen molar-refractivity contribution in [2.75, 3.05) is 5.32 Å². The molecule has 0 saturated heterocycles. The molecule has 0 atom stereocenters. The van der Waals surface area contributed by atoms with Crippen molar-refractivity contribution < 1.29 is 4.79 Å². The highest BCUT2D eigenvalue weighted by atomic mass is 16.2. The van der Waals surface area contributed by atoms with Crippen molar-refractivity contribution in [2.24, 2.45) is 4.99 Å². The van der Waals surface area contributed by atoms with Gasteiger partial charge in [0.1, 0.15) is 0 Å². The van der Waals surface area contributed by atoms with Crippen molar-refractivity contribution >= 4 is 23.2 Å². The van der Waals surface area contributed by atoms with Gasteiger partial charge in [0.05, 0.1) is 11.3 Å². The van der Waals surface area contributed by atoms with Gasteiger partial charge in [-0.15, -0.1) is 0 Å². The number of para-hydroxylation sites is 1. The highest BCUT2D eigenvalue weighted by molar-refractivity contribution is 6.05. The summed E-state index contributed by atoms with van der Waals surface area (Å²) < 4.78 is 0. The van der Waals surface area contributed by atoms with Crippen LogP contribution in [0.5, 0.6) is 0 Å². The summed E-state index contributed by atoms with van der Waals surface area (Å²) in [6, 6.07) is 15.1. The Morgan fingerprint density at radius 3 is 2.75 bits per heavy atom. The minimum Gasteiger partial charge on any atom is -0.325 e. The summed E-state index contributed by atoms with van der Waals surface area (Å²) in [5.41, 5.74) is 8.62. The zero-order chi connectivity index (χ0) is 13.9. The van der Waals surface area contributed by atoms with E-state index in [1.165, 1.54) is 0 Å². The van der Waals surface area contributed by atoms with Gasteiger partial charge < -0.3 is 5.32 Å². The maximum absolute atomic E-state index is 11.9. The quantitative estimate of drug-likeness (QED) is 0.742. The zero-order valence-corrected chi connectivity index (χ0v) is 11.0. The van der Waals surface area contributed by atoms with E-state index in [0.29, 0.717) is 17.2 Å². The number of rotatable bonds is 1. The number of aryl methyl sites for hydroxylation is 1. The van der Waals surface area contributed by atoms with Gasteiger partial charge in [-0.1, -0.05) is 24.3 Å². The third-order valence-corrected chi connectivity index (χ3v) is 2.96. The maximum atomic E-state index is 11.9. The van der Waals surface area contributed by atoms with Gasteiger partial charge in [-0.05, 0) is 36.8 Å². The molecular weight excluding hydrogens is 252 g/mol. The van der Waals surface area contributed by atoms with Crippen LogP contribution in [0, 0.1) is 6.92 Å².